The molecule has 0 aliphatic rings. The molecule has 10 rings (SSSR count). The average molecular weight is 626 g/mol. The van der Waals surface area contributed by atoms with Gasteiger partial charge in [-0.15, -0.1) is 0 Å². The van der Waals surface area contributed by atoms with Gasteiger partial charge in [0.05, 0.1) is 11.0 Å². The van der Waals surface area contributed by atoms with Gasteiger partial charge in [-0.25, -0.2) is 0 Å². The van der Waals surface area contributed by atoms with E-state index in [4.69, 9.17) is 0 Å². The molecule has 1 heterocycles. The predicted molar refractivity (Wildman–Crippen MR) is 212 cm³/mol. The van der Waals surface area contributed by atoms with Crippen LogP contribution in [0.1, 0.15) is 26.3 Å². The Morgan fingerprint density at radius 3 is 1.69 bits per heavy atom. The molecule has 0 N–H and O–H groups in total. The highest BCUT2D eigenvalue weighted by Gasteiger charge is 2.19. The monoisotopic (exact) mass is 625 g/mol. The molecule has 0 amide bonds. The van der Waals surface area contributed by atoms with E-state index < -0.39 is 0 Å². The maximum absolute atomic E-state index is 2.45. The predicted octanol–water partition coefficient (Wildman–Crippen LogP) is 13.5. The van der Waals surface area contributed by atoms with Crippen LogP contribution in [0.25, 0.3) is 92.8 Å². The van der Waals surface area contributed by atoms with Crippen molar-refractivity contribution in [2.24, 2.45) is 0 Å². The SMILES string of the molecule is CC(C)(C)c1cc2ccc3ccc(-c4ccc5c6ccc(-c7ccc8ccccc8c7)cc6n(-c6ccccc6)c5c4)c4ccc(c1)c2c34. The molecule has 0 aliphatic carbocycles. The first kappa shape index (κ1) is 28.1. The third kappa shape index (κ3) is 4.32. The molecule has 0 atom stereocenters. The Labute approximate surface area is 286 Å². The summed E-state index contributed by atoms with van der Waals surface area (Å²) >= 11 is 0. The van der Waals surface area contributed by atoms with Gasteiger partial charge in [0.15, 0.2) is 0 Å². The largest absolute Gasteiger partial charge is 0.309 e. The minimum absolute atomic E-state index is 0.0957. The summed E-state index contributed by atoms with van der Waals surface area (Å²) in [6.07, 6.45) is 0. The molecule has 0 radical (unpaired) electrons. The lowest BCUT2D eigenvalue weighted by Gasteiger charge is -2.22. The highest BCUT2D eigenvalue weighted by molar-refractivity contribution is 6.26. The molecule has 0 fully saturated rings. The summed E-state index contributed by atoms with van der Waals surface area (Å²) in [4.78, 5) is 0. The zero-order chi connectivity index (χ0) is 32.9. The van der Waals surface area contributed by atoms with Crippen LogP contribution in [0.3, 0.4) is 0 Å². The molecule has 232 valence electrons. The number of fused-ring (bicyclic) bond motifs is 4. The van der Waals surface area contributed by atoms with E-state index in [0.29, 0.717) is 0 Å². The Hall–Kier alpha value is -5.92. The van der Waals surface area contributed by atoms with Crippen molar-refractivity contribution in [1.29, 1.82) is 0 Å². The summed E-state index contributed by atoms with van der Waals surface area (Å²) in [6, 6.07) is 58.9. The quantitative estimate of drug-likeness (QED) is 0.172. The number of benzene rings is 9. The topological polar surface area (TPSA) is 4.93 Å². The molecule has 0 aliphatic heterocycles. The molecule has 10 aromatic rings. The third-order valence-electron chi connectivity index (χ3n) is 10.6. The van der Waals surface area contributed by atoms with E-state index in [0.717, 1.165) is 0 Å². The average Bonchev–Trinajstić information content (AvgIpc) is 3.46. The van der Waals surface area contributed by atoms with Gasteiger partial charge in [0, 0.05) is 16.5 Å². The fourth-order valence-corrected chi connectivity index (χ4v) is 8.09. The van der Waals surface area contributed by atoms with Crippen molar-refractivity contribution in [1.82, 2.24) is 4.57 Å². The second kappa shape index (κ2) is 10.3. The first-order valence-electron chi connectivity index (χ1n) is 17.3. The molecule has 0 unspecified atom stereocenters. The van der Waals surface area contributed by atoms with E-state index in [9.17, 15) is 0 Å². The second-order valence-electron chi connectivity index (χ2n) is 14.6. The first-order valence-corrected chi connectivity index (χ1v) is 17.3. The summed E-state index contributed by atoms with van der Waals surface area (Å²) in [6.45, 7) is 6.90. The van der Waals surface area contributed by atoms with Crippen molar-refractivity contribution in [3.05, 3.63) is 163 Å². The zero-order valence-electron chi connectivity index (χ0n) is 28.0. The van der Waals surface area contributed by atoms with Gasteiger partial charge in [-0.1, -0.05) is 148 Å². The summed E-state index contributed by atoms with van der Waals surface area (Å²) < 4.78 is 2.45. The molecule has 1 aromatic heterocycles. The van der Waals surface area contributed by atoms with Gasteiger partial charge in [0.25, 0.3) is 0 Å². The van der Waals surface area contributed by atoms with Gasteiger partial charge in [-0.2, -0.15) is 0 Å². The Morgan fingerprint density at radius 2 is 0.939 bits per heavy atom. The van der Waals surface area contributed by atoms with Crippen molar-refractivity contribution in [2.75, 3.05) is 0 Å². The minimum atomic E-state index is 0.0957. The molecule has 9 aromatic carbocycles. The van der Waals surface area contributed by atoms with Crippen molar-refractivity contribution in [2.45, 2.75) is 26.2 Å². The molecule has 1 nitrogen and oxygen atoms in total. The fraction of sp³-hybridized carbons (Fsp3) is 0.0833. The van der Waals surface area contributed by atoms with Crippen LogP contribution >= 0.6 is 0 Å². The van der Waals surface area contributed by atoms with Crippen molar-refractivity contribution >= 4 is 64.9 Å². The second-order valence-corrected chi connectivity index (χ2v) is 14.6. The fourth-order valence-electron chi connectivity index (χ4n) is 8.09. The maximum Gasteiger partial charge on any atom is 0.0547 e. The number of hydrogen-bond acceptors (Lipinski definition) is 0. The molecular formula is C48H35N. The number of para-hydroxylation sites is 1. The number of aromatic nitrogens is 1. The minimum Gasteiger partial charge on any atom is -0.309 e. The highest BCUT2D eigenvalue weighted by Crippen LogP contribution is 2.43. The van der Waals surface area contributed by atoms with E-state index in [-0.39, 0.29) is 5.41 Å². The standard InChI is InChI=1S/C48H35N/c1-48(2,3)38-26-36-16-14-31-17-21-40(43-24-20-37(27-38)46(36)47(31)43)35-19-23-42-41-22-18-34(33-15-13-30-9-7-8-10-32(30)25-33)28-44(41)49(45(42)29-35)39-11-5-4-6-12-39/h4-29H,1-3H3. The summed E-state index contributed by atoms with van der Waals surface area (Å²) in [5.41, 5.74) is 10.0. The lowest BCUT2D eigenvalue weighted by molar-refractivity contribution is 0.591. The van der Waals surface area contributed by atoms with Crippen LogP contribution in [0.2, 0.25) is 0 Å². The van der Waals surface area contributed by atoms with Gasteiger partial charge in [-0.05, 0) is 107 Å². The lowest BCUT2D eigenvalue weighted by Crippen LogP contribution is -2.10. The van der Waals surface area contributed by atoms with Crippen molar-refractivity contribution in [3.8, 4) is 27.9 Å². The normalized spacial score (nSPS) is 12.4. The van der Waals surface area contributed by atoms with Gasteiger partial charge in [0.1, 0.15) is 0 Å². The van der Waals surface area contributed by atoms with Crippen LogP contribution in [0.4, 0.5) is 0 Å². The smallest absolute Gasteiger partial charge is 0.0547 e. The zero-order valence-corrected chi connectivity index (χ0v) is 28.0. The molecule has 0 saturated heterocycles. The molecular weight excluding hydrogens is 591 g/mol. The molecule has 49 heavy (non-hydrogen) atoms. The first-order chi connectivity index (χ1) is 23.9. The number of hydrogen-bond donors (Lipinski definition) is 0. The van der Waals surface area contributed by atoms with E-state index in [1.165, 1.54) is 98.4 Å². The van der Waals surface area contributed by atoms with Gasteiger partial charge in [0.2, 0.25) is 0 Å². The maximum atomic E-state index is 2.45. The molecule has 1 heteroatoms. The Balaban J connectivity index is 1.21. The van der Waals surface area contributed by atoms with Crippen LogP contribution in [0.5, 0.6) is 0 Å². The van der Waals surface area contributed by atoms with Crippen LogP contribution in [0, 0.1) is 0 Å². The highest BCUT2D eigenvalue weighted by atomic mass is 15.0. The van der Waals surface area contributed by atoms with E-state index in [1.807, 2.05) is 0 Å². The van der Waals surface area contributed by atoms with Gasteiger partial charge >= 0.3 is 0 Å². The summed E-state index contributed by atoms with van der Waals surface area (Å²) in [5, 5.41) is 13.0. The van der Waals surface area contributed by atoms with Crippen LogP contribution in [0.15, 0.2) is 158 Å². The number of nitrogens with zero attached hydrogens (tertiary/aromatic N) is 1. The van der Waals surface area contributed by atoms with Gasteiger partial charge < -0.3 is 4.57 Å². The van der Waals surface area contributed by atoms with Crippen molar-refractivity contribution in [3.63, 3.8) is 0 Å². The Bertz CT molecular complexity index is 2880. The van der Waals surface area contributed by atoms with Crippen LogP contribution in [-0.2, 0) is 5.41 Å². The Kier molecular flexibility index (Phi) is 5.91. The van der Waals surface area contributed by atoms with Crippen molar-refractivity contribution < 1.29 is 0 Å². The van der Waals surface area contributed by atoms with Crippen LogP contribution in [-0.4, -0.2) is 4.57 Å². The van der Waals surface area contributed by atoms with Crippen LogP contribution < -0.4 is 0 Å². The Morgan fingerprint density at radius 1 is 0.388 bits per heavy atom. The molecule has 0 bridgehead atoms. The van der Waals surface area contributed by atoms with E-state index in [1.54, 1.807) is 0 Å². The summed E-state index contributed by atoms with van der Waals surface area (Å²) in [5.74, 6) is 0. The molecule has 0 saturated carbocycles. The van der Waals surface area contributed by atoms with Gasteiger partial charge in [-0.3, -0.25) is 0 Å². The third-order valence-corrected chi connectivity index (χ3v) is 10.6. The van der Waals surface area contributed by atoms with E-state index >= 15 is 0 Å². The molecule has 0 spiro atoms. The van der Waals surface area contributed by atoms with E-state index in [2.05, 4.69) is 183 Å². The number of rotatable bonds is 3. The summed E-state index contributed by atoms with van der Waals surface area (Å²) in [7, 11) is 0. The lowest BCUT2D eigenvalue weighted by atomic mass is 9.83.